The lowest BCUT2D eigenvalue weighted by Crippen LogP contribution is -2.42. The van der Waals surface area contributed by atoms with Gasteiger partial charge in [-0.2, -0.15) is 0 Å². The quantitative estimate of drug-likeness (QED) is 0.799. The number of hydrogen-bond acceptors (Lipinski definition) is 5. The molecule has 1 fully saturated rings. The van der Waals surface area contributed by atoms with E-state index in [0.717, 1.165) is 42.3 Å². The largest absolute Gasteiger partial charge is 0.298 e. The first-order valence-electron chi connectivity index (χ1n) is 8.60. The highest BCUT2D eigenvalue weighted by Gasteiger charge is 2.22. The molecule has 0 saturated carbocycles. The van der Waals surface area contributed by atoms with Crippen molar-refractivity contribution in [2.24, 2.45) is 0 Å². The third-order valence-corrected chi connectivity index (χ3v) is 4.48. The normalized spacial score (nSPS) is 18.2. The van der Waals surface area contributed by atoms with Gasteiger partial charge in [0.05, 0.1) is 28.9 Å². The molecule has 1 unspecified atom stereocenters. The van der Waals surface area contributed by atoms with Crippen molar-refractivity contribution in [2.45, 2.75) is 12.6 Å². The molecule has 5 nitrogen and oxygen atoms in total. The van der Waals surface area contributed by atoms with E-state index in [1.165, 1.54) is 5.56 Å². The summed E-state index contributed by atoms with van der Waals surface area (Å²) in [7, 11) is 2.15. The fourth-order valence-electron chi connectivity index (χ4n) is 3.23. The second-order valence-corrected chi connectivity index (χ2v) is 6.29. The van der Waals surface area contributed by atoms with Crippen LogP contribution in [0.15, 0.2) is 60.9 Å². The van der Waals surface area contributed by atoms with Crippen LogP contribution in [-0.4, -0.2) is 40.0 Å². The maximum atomic E-state index is 4.82. The molecule has 0 aliphatic carbocycles. The van der Waals surface area contributed by atoms with E-state index in [9.17, 15) is 0 Å². The number of nitrogens with zero attached hydrogens (tertiary/aromatic N) is 4. The van der Waals surface area contributed by atoms with Crippen molar-refractivity contribution in [2.75, 3.05) is 20.1 Å². The molecule has 1 atom stereocenters. The molecule has 0 aromatic carbocycles. The average Bonchev–Trinajstić information content (AvgIpc) is 2.69. The number of rotatable bonds is 3. The van der Waals surface area contributed by atoms with Crippen LogP contribution < -0.4 is 5.32 Å². The second-order valence-electron chi connectivity index (χ2n) is 6.29. The van der Waals surface area contributed by atoms with Crippen LogP contribution in [0.4, 0.5) is 0 Å². The van der Waals surface area contributed by atoms with Crippen molar-refractivity contribution in [3.8, 4) is 22.8 Å². The van der Waals surface area contributed by atoms with Gasteiger partial charge in [0, 0.05) is 18.9 Å². The third-order valence-electron chi connectivity index (χ3n) is 4.48. The van der Waals surface area contributed by atoms with Gasteiger partial charge in [0.15, 0.2) is 0 Å². The molecule has 0 radical (unpaired) electrons. The standard InChI is InChI=1S/C20H21N5/c1-25-12-6-11-23-20(25)15-13-18(16-7-2-4-9-21-16)24-19(14-15)17-8-3-5-10-22-17/h2-5,7-10,13-14,20,23H,6,11-12H2,1H3. The van der Waals surface area contributed by atoms with E-state index in [4.69, 9.17) is 4.98 Å². The third kappa shape index (κ3) is 3.43. The van der Waals surface area contributed by atoms with Gasteiger partial charge in [-0.05, 0) is 62.0 Å². The van der Waals surface area contributed by atoms with Gasteiger partial charge >= 0.3 is 0 Å². The number of aromatic nitrogens is 3. The van der Waals surface area contributed by atoms with Crippen LogP contribution in [0.2, 0.25) is 0 Å². The molecule has 1 aliphatic heterocycles. The summed E-state index contributed by atoms with van der Waals surface area (Å²) in [6.07, 6.45) is 4.95. The van der Waals surface area contributed by atoms with Gasteiger partial charge in [-0.3, -0.25) is 20.2 Å². The number of nitrogens with one attached hydrogen (secondary N) is 1. The van der Waals surface area contributed by atoms with E-state index in [0.29, 0.717) is 0 Å². The Bertz CT molecular complexity index is 777. The second kappa shape index (κ2) is 7.09. The zero-order valence-corrected chi connectivity index (χ0v) is 14.3. The molecule has 3 aromatic heterocycles. The first-order valence-corrected chi connectivity index (χ1v) is 8.60. The van der Waals surface area contributed by atoms with Crippen molar-refractivity contribution in [1.29, 1.82) is 0 Å². The first-order chi connectivity index (χ1) is 12.3. The maximum Gasteiger partial charge on any atom is 0.0898 e. The molecule has 5 heteroatoms. The van der Waals surface area contributed by atoms with E-state index in [-0.39, 0.29) is 6.17 Å². The Labute approximate surface area is 147 Å². The Morgan fingerprint density at radius 3 is 2.08 bits per heavy atom. The van der Waals surface area contributed by atoms with Crippen LogP contribution in [0, 0.1) is 0 Å². The summed E-state index contributed by atoms with van der Waals surface area (Å²) in [5, 5.41) is 3.60. The van der Waals surface area contributed by atoms with Crippen LogP contribution in [0.1, 0.15) is 18.2 Å². The van der Waals surface area contributed by atoms with E-state index >= 15 is 0 Å². The molecule has 1 aliphatic rings. The predicted octanol–water partition coefficient (Wildman–Crippen LogP) is 3.13. The highest BCUT2D eigenvalue weighted by Crippen LogP contribution is 2.28. The first kappa shape index (κ1) is 15.9. The van der Waals surface area contributed by atoms with Crippen LogP contribution in [0.25, 0.3) is 22.8 Å². The molecule has 3 aromatic rings. The lowest BCUT2D eigenvalue weighted by molar-refractivity contribution is 0.167. The fraction of sp³-hybridized carbons (Fsp3) is 0.250. The zero-order valence-electron chi connectivity index (χ0n) is 14.3. The highest BCUT2D eigenvalue weighted by atomic mass is 15.3. The van der Waals surface area contributed by atoms with Crippen molar-refractivity contribution in [1.82, 2.24) is 25.2 Å². The van der Waals surface area contributed by atoms with Gasteiger partial charge in [0.25, 0.3) is 0 Å². The molecule has 25 heavy (non-hydrogen) atoms. The molecular weight excluding hydrogens is 310 g/mol. The minimum atomic E-state index is 0.182. The van der Waals surface area contributed by atoms with Crippen LogP contribution in [-0.2, 0) is 0 Å². The topological polar surface area (TPSA) is 53.9 Å². The lowest BCUT2D eigenvalue weighted by atomic mass is 10.1. The van der Waals surface area contributed by atoms with Gasteiger partial charge in [-0.15, -0.1) is 0 Å². The van der Waals surface area contributed by atoms with Crippen LogP contribution in [0.5, 0.6) is 0 Å². The Morgan fingerprint density at radius 1 is 0.920 bits per heavy atom. The van der Waals surface area contributed by atoms with Crippen molar-refractivity contribution >= 4 is 0 Å². The highest BCUT2D eigenvalue weighted by molar-refractivity contribution is 5.63. The molecule has 0 spiro atoms. The number of pyridine rings is 3. The van der Waals surface area contributed by atoms with Crippen LogP contribution in [0.3, 0.4) is 0 Å². The van der Waals surface area contributed by atoms with Gasteiger partial charge in [0.2, 0.25) is 0 Å². The average molecular weight is 331 g/mol. The molecule has 0 amide bonds. The Kier molecular flexibility index (Phi) is 4.50. The SMILES string of the molecule is CN1CCCNC1c1cc(-c2ccccn2)nc(-c2ccccn2)c1. The molecule has 1 saturated heterocycles. The summed E-state index contributed by atoms with van der Waals surface area (Å²) in [5.41, 5.74) is 4.69. The van der Waals surface area contributed by atoms with E-state index in [1.807, 2.05) is 36.4 Å². The molecule has 4 rings (SSSR count). The minimum absolute atomic E-state index is 0.182. The lowest BCUT2D eigenvalue weighted by Gasteiger charge is -2.34. The maximum absolute atomic E-state index is 4.82. The predicted molar refractivity (Wildman–Crippen MR) is 98.7 cm³/mol. The monoisotopic (exact) mass is 331 g/mol. The van der Waals surface area contributed by atoms with Gasteiger partial charge in [-0.25, -0.2) is 4.98 Å². The van der Waals surface area contributed by atoms with E-state index < -0.39 is 0 Å². The van der Waals surface area contributed by atoms with Crippen LogP contribution >= 0.6 is 0 Å². The summed E-state index contributed by atoms with van der Waals surface area (Å²) in [6.45, 7) is 2.10. The van der Waals surface area contributed by atoms with Gasteiger partial charge in [-0.1, -0.05) is 12.1 Å². The van der Waals surface area contributed by atoms with E-state index in [2.05, 4.69) is 39.4 Å². The Morgan fingerprint density at radius 2 is 1.56 bits per heavy atom. The minimum Gasteiger partial charge on any atom is -0.298 e. The zero-order chi connectivity index (χ0) is 17.1. The molecule has 1 N–H and O–H groups in total. The fourth-order valence-corrected chi connectivity index (χ4v) is 3.23. The van der Waals surface area contributed by atoms with Gasteiger partial charge < -0.3 is 0 Å². The summed E-state index contributed by atoms with van der Waals surface area (Å²) < 4.78 is 0. The Hall–Kier alpha value is -2.63. The van der Waals surface area contributed by atoms with Crippen molar-refractivity contribution in [3.05, 3.63) is 66.5 Å². The molecule has 4 heterocycles. The van der Waals surface area contributed by atoms with Crippen molar-refractivity contribution in [3.63, 3.8) is 0 Å². The smallest absolute Gasteiger partial charge is 0.0898 e. The molecular formula is C20H21N5. The number of hydrogen-bond donors (Lipinski definition) is 1. The molecule has 0 bridgehead atoms. The molecule has 126 valence electrons. The van der Waals surface area contributed by atoms with Crippen molar-refractivity contribution < 1.29 is 0 Å². The Balaban J connectivity index is 1.83. The van der Waals surface area contributed by atoms with E-state index in [1.54, 1.807) is 12.4 Å². The summed E-state index contributed by atoms with van der Waals surface area (Å²) in [5.74, 6) is 0. The van der Waals surface area contributed by atoms with Gasteiger partial charge in [0.1, 0.15) is 0 Å². The summed E-state index contributed by atoms with van der Waals surface area (Å²) in [6, 6.07) is 16.1. The summed E-state index contributed by atoms with van der Waals surface area (Å²) in [4.78, 5) is 16.1. The summed E-state index contributed by atoms with van der Waals surface area (Å²) >= 11 is 0.